The van der Waals surface area contributed by atoms with E-state index < -0.39 is 5.97 Å². The number of nitrogens with zero attached hydrogens (tertiary/aromatic N) is 3. The number of hydrogen-bond acceptors (Lipinski definition) is 4. The Balaban J connectivity index is 2.05. The first kappa shape index (κ1) is 13.7. The van der Waals surface area contributed by atoms with Gasteiger partial charge in [-0.15, -0.1) is 10.2 Å². The van der Waals surface area contributed by atoms with Crippen molar-refractivity contribution in [1.82, 2.24) is 20.1 Å². The number of nitrogens with one attached hydrogen (secondary N) is 1. The number of carbonyl (C=O) groups is 2. The number of benzene rings is 1. The molecule has 1 aromatic carbocycles. The van der Waals surface area contributed by atoms with Crippen LogP contribution in [-0.2, 0) is 13.1 Å². The van der Waals surface area contributed by atoms with E-state index in [-0.39, 0.29) is 18.0 Å². The summed E-state index contributed by atoms with van der Waals surface area (Å²) >= 11 is 0. The zero-order chi connectivity index (χ0) is 14.5. The van der Waals surface area contributed by atoms with Crippen molar-refractivity contribution < 1.29 is 14.7 Å². The summed E-state index contributed by atoms with van der Waals surface area (Å²) in [6.07, 6.45) is 1.59. The van der Waals surface area contributed by atoms with Crippen molar-refractivity contribution in [1.29, 1.82) is 0 Å². The van der Waals surface area contributed by atoms with Crippen molar-refractivity contribution in [3.8, 4) is 0 Å². The van der Waals surface area contributed by atoms with Gasteiger partial charge in [-0.05, 0) is 25.1 Å². The first-order chi connectivity index (χ1) is 9.61. The third-order valence-corrected chi connectivity index (χ3v) is 2.82. The molecular weight excluding hydrogens is 260 g/mol. The Hall–Kier alpha value is -2.70. The predicted octanol–water partition coefficient (Wildman–Crippen LogP) is 0.926. The normalized spacial score (nSPS) is 10.2. The number of aromatic nitrogens is 3. The molecule has 2 rings (SSSR count). The lowest BCUT2D eigenvalue weighted by Gasteiger charge is -2.06. The fraction of sp³-hybridized carbons (Fsp3) is 0.231. The minimum Gasteiger partial charge on any atom is -0.478 e. The molecule has 1 amide bonds. The summed E-state index contributed by atoms with van der Waals surface area (Å²) in [6.45, 7) is 2.90. The Morgan fingerprint density at radius 1 is 1.35 bits per heavy atom. The van der Waals surface area contributed by atoms with Crippen LogP contribution in [0.1, 0.15) is 33.5 Å². The van der Waals surface area contributed by atoms with E-state index in [1.54, 1.807) is 12.4 Å². The van der Waals surface area contributed by atoms with Crippen LogP contribution in [0.25, 0.3) is 0 Å². The van der Waals surface area contributed by atoms with E-state index in [1.165, 1.54) is 18.2 Å². The number of carboxylic acid groups (broad SMARTS) is 1. The number of carboxylic acids is 1. The highest BCUT2D eigenvalue weighted by Gasteiger charge is 2.10. The first-order valence-electron chi connectivity index (χ1n) is 6.10. The number of hydrogen-bond donors (Lipinski definition) is 2. The minimum absolute atomic E-state index is 0.0781. The maximum atomic E-state index is 12.0. The van der Waals surface area contributed by atoms with Crippen LogP contribution >= 0.6 is 0 Å². The second-order valence-electron chi connectivity index (χ2n) is 4.10. The summed E-state index contributed by atoms with van der Waals surface area (Å²) in [6, 6.07) is 5.87. The number of amides is 1. The molecule has 1 aromatic heterocycles. The fourth-order valence-corrected chi connectivity index (χ4v) is 1.73. The molecule has 0 bridgehead atoms. The SMILES string of the molecule is CCn1cnnc1CNC(=O)c1cccc(C(=O)O)c1. The first-order valence-corrected chi connectivity index (χ1v) is 6.10. The maximum absolute atomic E-state index is 12.0. The number of carbonyl (C=O) groups excluding carboxylic acids is 1. The van der Waals surface area contributed by atoms with Crippen LogP contribution in [0.15, 0.2) is 30.6 Å². The lowest BCUT2D eigenvalue weighted by atomic mass is 10.1. The molecule has 7 heteroatoms. The summed E-state index contributed by atoms with van der Waals surface area (Å²) in [5.41, 5.74) is 0.377. The van der Waals surface area contributed by atoms with Crippen LogP contribution in [0.5, 0.6) is 0 Å². The molecule has 0 saturated heterocycles. The average Bonchev–Trinajstić information content (AvgIpc) is 2.92. The van der Waals surface area contributed by atoms with Crippen LogP contribution in [0.3, 0.4) is 0 Å². The summed E-state index contributed by atoms with van der Waals surface area (Å²) in [4.78, 5) is 22.8. The van der Waals surface area contributed by atoms with Crippen molar-refractivity contribution in [2.45, 2.75) is 20.0 Å². The van der Waals surface area contributed by atoms with Gasteiger partial charge in [-0.25, -0.2) is 4.79 Å². The largest absolute Gasteiger partial charge is 0.478 e. The molecule has 0 aliphatic carbocycles. The van der Waals surface area contributed by atoms with Crippen molar-refractivity contribution in [3.05, 3.63) is 47.5 Å². The Kier molecular flexibility index (Phi) is 4.09. The Morgan fingerprint density at radius 2 is 2.10 bits per heavy atom. The van der Waals surface area contributed by atoms with Gasteiger partial charge < -0.3 is 15.0 Å². The van der Waals surface area contributed by atoms with Gasteiger partial charge in [0.1, 0.15) is 6.33 Å². The molecule has 0 atom stereocenters. The third-order valence-electron chi connectivity index (χ3n) is 2.82. The van der Waals surface area contributed by atoms with E-state index >= 15 is 0 Å². The lowest BCUT2D eigenvalue weighted by molar-refractivity contribution is 0.0697. The number of aromatic carboxylic acids is 1. The van der Waals surface area contributed by atoms with E-state index in [2.05, 4.69) is 15.5 Å². The molecule has 0 unspecified atom stereocenters. The van der Waals surface area contributed by atoms with Crippen LogP contribution in [-0.4, -0.2) is 31.7 Å². The van der Waals surface area contributed by atoms with Crippen LogP contribution < -0.4 is 5.32 Å². The molecule has 0 spiro atoms. The van der Waals surface area contributed by atoms with Crippen molar-refractivity contribution >= 4 is 11.9 Å². The highest BCUT2D eigenvalue weighted by molar-refractivity contribution is 5.97. The molecule has 1 heterocycles. The van der Waals surface area contributed by atoms with Gasteiger partial charge in [0.2, 0.25) is 0 Å². The molecule has 2 aromatic rings. The number of rotatable bonds is 5. The maximum Gasteiger partial charge on any atom is 0.335 e. The summed E-state index contributed by atoms with van der Waals surface area (Å²) in [7, 11) is 0. The van der Waals surface area contributed by atoms with Gasteiger partial charge in [-0.3, -0.25) is 4.79 Å². The highest BCUT2D eigenvalue weighted by atomic mass is 16.4. The molecule has 0 radical (unpaired) electrons. The zero-order valence-corrected chi connectivity index (χ0v) is 10.9. The van der Waals surface area contributed by atoms with Gasteiger partial charge in [-0.1, -0.05) is 6.07 Å². The average molecular weight is 274 g/mol. The standard InChI is InChI=1S/C13H14N4O3/c1-2-17-8-15-16-11(17)7-14-12(18)9-4-3-5-10(6-9)13(19)20/h3-6,8H,2,7H2,1H3,(H,14,18)(H,19,20). The second kappa shape index (κ2) is 5.96. The molecule has 0 fully saturated rings. The molecule has 104 valence electrons. The molecular formula is C13H14N4O3. The van der Waals surface area contributed by atoms with Crippen LogP contribution in [0.2, 0.25) is 0 Å². The second-order valence-corrected chi connectivity index (χ2v) is 4.10. The Bertz CT molecular complexity index is 636. The van der Waals surface area contributed by atoms with Crippen molar-refractivity contribution in [2.24, 2.45) is 0 Å². The predicted molar refractivity (Wildman–Crippen MR) is 70.3 cm³/mol. The summed E-state index contributed by atoms with van der Waals surface area (Å²) in [5.74, 6) is -0.764. The molecule has 0 saturated carbocycles. The van der Waals surface area contributed by atoms with Gasteiger partial charge >= 0.3 is 5.97 Å². The van der Waals surface area contributed by atoms with Crippen LogP contribution in [0.4, 0.5) is 0 Å². The zero-order valence-electron chi connectivity index (χ0n) is 10.9. The smallest absolute Gasteiger partial charge is 0.335 e. The Labute approximate surface area is 115 Å². The van der Waals surface area contributed by atoms with Gasteiger partial charge in [0.25, 0.3) is 5.91 Å². The molecule has 0 aliphatic heterocycles. The monoisotopic (exact) mass is 274 g/mol. The van der Waals surface area contributed by atoms with Gasteiger partial charge in [0.05, 0.1) is 12.1 Å². The van der Waals surface area contributed by atoms with E-state index in [1.807, 2.05) is 11.5 Å². The van der Waals surface area contributed by atoms with E-state index in [0.29, 0.717) is 17.9 Å². The summed E-state index contributed by atoms with van der Waals surface area (Å²) < 4.78 is 1.81. The highest BCUT2D eigenvalue weighted by Crippen LogP contribution is 2.05. The van der Waals surface area contributed by atoms with Crippen molar-refractivity contribution in [3.63, 3.8) is 0 Å². The number of aryl methyl sites for hydroxylation is 1. The van der Waals surface area contributed by atoms with Crippen molar-refractivity contribution in [2.75, 3.05) is 0 Å². The third kappa shape index (κ3) is 3.00. The van der Waals surface area contributed by atoms with Gasteiger partial charge in [-0.2, -0.15) is 0 Å². The van der Waals surface area contributed by atoms with Gasteiger partial charge in [0.15, 0.2) is 5.82 Å². The van der Waals surface area contributed by atoms with Gasteiger partial charge in [0, 0.05) is 12.1 Å². The molecule has 0 aliphatic rings. The fourth-order valence-electron chi connectivity index (χ4n) is 1.73. The molecule has 20 heavy (non-hydrogen) atoms. The van der Waals surface area contributed by atoms with E-state index in [0.717, 1.165) is 0 Å². The minimum atomic E-state index is -1.06. The lowest BCUT2D eigenvalue weighted by Crippen LogP contribution is -2.24. The molecule has 7 nitrogen and oxygen atoms in total. The van der Waals surface area contributed by atoms with E-state index in [9.17, 15) is 9.59 Å². The Morgan fingerprint density at radius 3 is 2.80 bits per heavy atom. The molecule has 2 N–H and O–H groups in total. The summed E-state index contributed by atoms with van der Waals surface area (Å²) in [5, 5.41) is 19.2. The van der Waals surface area contributed by atoms with E-state index in [4.69, 9.17) is 5.11 Å². The quantitative estimate of drug-likeness (QED) is 0.845. The topological polar surface area (TPSA) is 97.1 Å². The van der Waals surface area contributed by atoms with Crippen LogP contribution in [0, 0.1) is 0 Å².